The quantitative estimate of drug-likeness (QED) is 0.706. The van der Waals surface area contributed by atoms with Gasteiger partial charge in [-0.3, -0.25) is 0 Å². The average molecular weight is 192 g/mol. The van der Waals surface area contributed by atoms with Crippen LogP contribution in [-0.2, 0) is 6.54 Å². The van der Waals surface area contributed by atoms with Gasteiger partial charge in [0.1, 0.15) is 0 Å². The summed E-state index contributed by atoms with van der Waals surface area (Å²) in [5.74, 6) is 0. The highest BCUT2D eigenvalue weighted by molar-refractivity contribution is 5.44. The summed E-state index contributed by atoms with van der Waals surface area (Å²) in [6, 6.07) is 6.05. The lowest BCUT2D eigenvalue weighted by molar-refractivity contribution is 0.424. The van der Waals surface area contributed by atoms with Gasteiger partial charge in [-0.25, -0.2) is 0 Å². The van der Waals surface area contributed by atoms with E-state index >= 15 is 0 Å². The van der Waals surface area contributed by atoms with Gasteiger partial charge in [-0.1, -0.05) is 6.07 Å². The number of aryl methyl sites for hydroxylation is 1. The van der Waals surface area contributed by atoms with Gasteiger partial charge in [-0.05, 0) is 51.0 Å². The number of nitrogens with two attached hydrogens (primary N) is 1. The summed E-state index contributed by atoms with van der Waals surface area (Å²) in [5.41, 5.74) is 9.25. The van der Waals surface area contributed by atoms with E-state index in [1.807, 2.05) is 12.1 Å². The Hall–Kier alpha value is -1.02. The lowest BCUT2D eigenvalue weighted by Crippen LogP contribution is -2.35. The topological polar surface area (TPSA) is 38.0 Å². The fourth-order valence-corrected chi connectivity index (χ4v) is 1.28. The third-order valence-corrected chi connectivity index (χ3v) is 2.18. The predicted molar refractivity (Wildman–Crippen MR) is 62.2 cm³/mol. The van der Waals surface area contributed by atoms with E-state index in [0.29, 0.717) is 0 Å². The molecular formula is C12H20N2. The molecule has 0 saturated carbocycles. The van der Waals surface area contributed by atoms with Crippen LogP contribution in [0.3, 0.4) is 0 Å². The zero-order chi connectivity index (χ0) is 10.8. The van der Waals surface area contributed by atoms with Crippen molar-refractivity contribution in [3.63, 3.8) is 0 Å². The Balaban J connectivity index is 2.68. The molecule has 0 aliphatic carbocycles. The summed E-state index contributed by atoms with van der Waals surface area (Å²) in [7, 11) is 0. The molecule has 0 amide bonds. The van der Waals surface area contributed by atoms with Gasteiger partial charge in [0, 0.05) is 17.8 Å². The molecule has 0 bridgehead atoms. The summed E-state index contributed by atoms with van der Waals surface area (Å²) in [6.45, 7) is 9.49. The van der Waals surface area contributed by atoms with E-state index in [1.54, 1.807) is 0 Å². The van der Waals surface area contributed by atoms with E-state index < -0.39 is 0 Å². The fourth-order valence-electron chi connectivity index (χ4n) is 1.28. The molecule has 1 aromatic carbocycles. The lowest BCUT2D eigenvalue weighted by Gasteiger charge is -2.21. The number of hydrogen-bond donors (Lipinski definition) is 2. The lowest BCUT2D eigenvalue weighted by atomic mass is 10.1. The van der Waals surface area contributed by atoms with Crippen molar-refractivity contribution in [3.05, 3.63) is 29.3 Å². The van der Waals surface area contributed by atoms with Crippen LogP contribution in [-0.4, -0.2) is 5.54 Å². The molecule has 78 valence electrons. The Labute approximate surface area is 86.5 Å². The van der Waals surface area contributed by atoms with Crippen LogP contribution in [0.25, 0.3) is 0 Å². The highest BCUT2D eigenvalue weighted by Gasteiger charge is 2.09. The third-order valence-electron chi connectivity index (χ3n) is 2.18. The number of rotatable bonds is 2. The summed E-state index contributed by atoms with van der Waals surface area (Å²) in [6.07, 6.45) is 0. The normalized spacial score (nSPS) is 11.7. The molecule has 1 rings (SSSR count). The van der Waals surface area contributed by atoms with Crippen LogP contribution in [0.2, 0.25) is 0 Å². The summed E-state index contributed by atoms with van der Waals surface area (Å²) >= 11 is 0. The highest BCUT2D eigenvalue weighted by atomic mass is 14.9. The van der Waals surface area contributed by atoms with E-state index in [9.17, 15) is 0 Å². The summed E-state index contributed by atoms with van der Waals surface area (Å²) in [4.78, 5) is 0. The van der Waals surface area contributed by atoms with E-state index in [0.717, 1.165) is 12.2 Å². The molecule has 3 N–H and O–H groups in total. The van der Waals surface area contributed by atoms with Crippen molar-refractivity contribution in [1.82, 2.24) is 5.32 Å². The first-order chi connectivity index (χ1) is 6.38. The first kappa shape index (κ1) is 11.1. The second-order valence-corrected chi connectivity index (χ2v) is 4.79. The molecular weight excluding hydrogens is 172 g/mol. The van der Waals surface area contributed by atoms with E-state index in [-0.39, 0.29) is 5.54 Å². The van der Waals surface area contributed by atoms with Gasteiger partial charge in [-0.15, -0.1) is 0 Å². The molecule has 0 aliphatic rings. The van der Waals surface area contributed by atoms with E-state index in [4.69, 9.17) is 5.73 Å². The summed E-state index contributed by atoms with van der Waals surface area (Å²) in [5, 5.41) is 3.46. The smallest absolute Gasteiger partial charge is 0.0316 e. The van der Waals surface area contributed by atoms with Crippen molar-refractivity contribution >= 4 is 5.69 Å². The largest absolute Gasteiger partial charge is 0.399 e. The average Bonchev–Trinajstić information content (AvgIpc) is 2.00. The van der Waals surface area contributed by atoms with Gasteiger partial charge >= 0.3 is 0 Å². The zero-order valence-electron chi connectivity index (χ0n) is 9.52. The first-order valence-corrected chi connectivity index (χ1v) is 4.98. The van der Waals surface area contributed by atoms with Gasteiger partial charge in [-0.2, -0.15) is 0 Å². The number of nitrogens with one attached hydrogen (secondary N) is 1. The first-order valence-electron chi connectivity index (χ1n) is 4.98. The minimum atomic E-state index is 0.161. The number of nitrogen functional groups attached to an aromatic ring is 1. The van der Waals surface area contributed by atoms with Crippen LogP contribution in [0.1, 0.15) is 31.9 Å². The Morgan fingerprint density at radius 1 is 1.29 bits per heavy atom. The molecule has 0 fully saturated rings. The second-order valence-electron chi connectivity index (χ2n) is 4.79. The van der Waals surface area contributed by atoms with Crippen molar-refractivity contribution in [1.29, 1.82) is 0 Å². The molecule has 1 aromatic rings. The van der Waals surface area contributed by atoms with Crippen LogP contribution in [0.5, 0.6) is 0 Å². The maximum atomic E-state index is 5.69. The molecule has 0 saturated heterocycles. The van der Waals surface area contributed by atoms with Crippen LogP contribution in [0.15, 0.2) is 18.2 Å². The van der Waals surface area contributed by atoms with Gasteiger partial charge in [0.15, 0.2) is 0 Å². The van der Waals surface area contributed by atoms with Crippen LogP contribution < -0.4 is 11.1 Å². The van der Waals surface area contributed by atoms with Crippen LogP contribution >= 0.6 is 0 Å². The number of benzene rings is 1. The number of hydrogen-bond acceptors (Lipinski definition) is 2. The van der Waals surface area contributed by atoms with Crippen molar-refractivity contribution < 1.29 is 0 Å². The Morgan fingerprint density at radius 2 is 1.93 bits per heavy atom. The molecule has 0 heterocycles. The SMILES string of the molecule is Cc1cc(N)ccc1CNC(C)(C)C. The second kappa shape index (κ2) is 4.01. The van der Waals surface area contributed by atoms with Crippen LogP contribution in [0, 0.1) is 6.92 Å². The predicted octanol–water partition coefficient (Wildman–Crippen LogP) is 2.47. The van der Waals surface area contributed by atoms with Crippen molar-refractivity contribution in [2.75, 3.05) is 5.73 Å². The maximum absolute atomic E-state index is 5.69. The fraction of sp³-hybridized carbons (Fsp3) is 0.500. The molecule has 0 atom stereocenters. The third kappa shape index (κ3) is 3.38. The van der Waals surface area contributed by atoms with Crippen molar-refractivity contribution in [3.8, 4) is 0 Å². The minimum Gasteiger partial charge on any atom is -0.399 e. The Bertz CT molecular complexity index is 311. The molecule has 0 unspecified atom stereocenters. The van der Waals surface area contributed by atoms with E-state index in [2.05, 4.69) is 39.1 Å². The van der Waals surface area contributed by atoms with Crippen molar-refractivity contribution in [2.45, 2.75) is 39.8 Å². The van der Waals surface area contributed by atoms with Gasteiger partial charge in [0.25, 0.3) is 0 Å². The zero-order valence-corrected chi connectivity index (χ0v) is 9.52. The maximum Gasteiger partial charge on any atom is 0.0316 e. The molecule has 0 aromatic heterocycles. The molecule has 2 nitrogen and oxygen atoms in total. The standard InChI is InChI=1S/C12H20N2/c1-9-7-11(13)6-5-10(9)8-14-12(2,3)4/h5-7,14H,8,13H2,1-4H3. The minimum absolute atomic E-state index is 0.161. The monoisotopic (exact) mass is 192 g/mol. The molecule has 2 heteroatoms. The molecule has 0 aliphatic heterocycles. The highest BCUT2D eigenvalue weighted by Crippen LogP contribution is 2.13. The van der Waals surface area contributed by atoms with Gasteiger partial charge in [0.05, 0.1) is 0 Å². The molecule has 0 spiro atoms. The Morgan fingerprint density at radius 3 is 2.43 bits per heavy atom. The van der Waals surface area contributed by atoms with Crippen molar-refractivity contribution in [2.24, 2.45) is 0 Å². The van der Waals surface area contributed by atoms with Gasteiger partial charge < -0.3 is 11.1 Å². The molecule has 14 heavy (non-hydrogen) atoms. The van der Waals surface area contributed by atoms with Gasteiger partial charge in [0.2, 0.25) is 0 Å². The number of anilines is 1. The van der Waals surface area contributed by atoms with E-state index in [1.165, 1.54) is 11.1 Å². The summed E-state index contributed by atoms with van der Waals surface area (Å²) < 4.78 is 0. The Kier molecular flexibility index (Phi) is 3.17. The molecule has 0 radical (unpaired) electrons. The van der Waals surface area contributed by atoms with Crippen LogP contribution in [0.4, 0.5) is 5.69 Å².